The van der Waals surface area contributed by atoms with Gasteiger partial charge in [-0.25, -0.2) is 4.98 Å². The summed E-state index contributed by atoms with van der Waals surface area (Å²) in [6, 6.07) is 21.5. The highest BCUT2D eigenvalue weighted by Gasteiger charge is 2.33. The molecule has 1 aliphatic rings. The summed E-state index contributed by atoms with van der Waals surface area (Å²) >= 11 is 0. The van der Waals surface area contributed by atoms with Crippen molar-refractivity contribution in [3.05, 3.63) is 77.9 Å². The molecule has 1 unspecified atom stereocenters. The van der Waals surface area contributed by atoms with Gasteiger partial charge in [0.15, 0.2) is 0 Å². The second-order valence-electron chi connectivity index (χ2n) is 8.64. The van der Waals surface area contributed by atoms with Crippen LogP contribution in [0, 0.1) is 0 Å². The molecule has 0 saturated heterocycles. The third kappa shape index (κ3) is 4.53. The zero-order chi connectivity index (χ0) is 24.4. The Kier molecular flexibility index (Phi) is 6.54. The number of rotatable bonds is 8. The number of ether oxygens (including phenoxy) is 1. The van der Waals surface area contributed by atoms with Gasteiger partial charge in [0.2, 0.25) is 5.95 Å². The number of fused-ring (bicyclic) bond motifs is 2. The number of nitrogens with zero attached hydrogens (tertiary/aromatic N) is 3. The highest BCUT2D eigenvalue weighted by atomic mass is 16.5. The molecule has 8 nitrogen and oxygen atoms in total. The van der Waals surface area contributed by atoms with Crippen LogP contribution in [0.2, 0.25) is 0 Å². The molecule has 0 bridgehead atoms. The van der Waals surface area contributed by atoms with Crippen molar-refractivity contribution >= 4 is 40.9 Å². The molecule has 178 valence electrons. The second kappa shape index (κ2) is 9.91. The monoisotopic (exact) mass is 469 g/mol. The van der Waals surface area contributed by atoms with E-state index in [0.29, 0.717) is 54.6 Å². The summed E-state index contributed by atoms with van der Waals surface area (Å²) in [5.74, 6) is 1.87. The summed E-state index contributed by atoms with van der Waals surface area (Å²) in [6.07, 6.45) is 0.655. The van der Waals surface area contributed by atoms with Crippen molar-refractivity contribution in [3.63, 3.8) is 0 Å². The fourth-order valence-corrected chi connectivity index (χ4v) is 4.63. The van der Waals surface area contributed by atoms with Gasteiger partial charge in [0, 0.05) is 30.2 Å². The molecule has 1 aromatic heterocycles. The Labute approximate surface area is 204 Å². The van der Waals surface area contributed by atoms with Crippen LogP contribution in [0.25, 0.3) is 10.9 Å². The molecular weight excluding hydrogens is 441 g/mol. The highest BCUT2D eigenvalue weighted by Crippen LogP contribution is 2.38. The maximum atomic E-state index is 9.88. The molecule has 35 heavy (non-hydrogen) atoms. The molecule has 0 spiro atoms. The number of para-hydroxylation sites is 1. The first-order chi connectivity index (χ1) is 17.1. The van der Waals surface area contributed by atoms with Crippen LogP contribution in [0.3, 0.4) is 0 Å². The predicted molar refractivity (Wildman–Crippen MR) is 139 cm³/mol. The second-order valence-corrected chi connectivity index (χ2v) is 8.64. The first-order valence-corrected chi connectivity index (χ1v) is 11.8. The number of anilines is 3. The van der Waals surface area contributed by atoms with Gasteiger partial charge in [0.1, 0.15) is 23.7 Å². The van der Waals surface area contributed by atoms with E-state index >= 15 is 0 Å². The van der Waals surface area contributed by atoms with E-state index in [4.69, 9.17) is 20.4 Å². The van der Waals surface area contributed by atoms with E-state index in [0.717, 1.165) is 22.2 Å². The maximum Gasteiger partial charge on any atom is 0.488 e. The van der Waals surface area contributed by atoms with Gasteiger partial charge in [-0.2, -0.15) is 4.98 Å². The minimum absolute atomic E-state index is 0.0291. The van der Waals surface area contributed by atoms with E-state index in [-0.39, 0.29) is 6.04 Å². The van der Waals surface area contributed by atoms with E-state index in [1.165, 1.54) is 0 Å². The van der Waals surface area contributed by atoms with Crippen molar-refractivity contribution in [1.82, 2.24) is 9.97 Å². The van der Waals surface area contributed by atoms with Gasteiger partial charge in [0.25, 0.3) is 0 Å². The summed E-state index contributed by atoms with van der Waals surface area (Å²) in [4.78, 5) is 11.9. The molecule has 0 saturated carbocycles. The fourth-order valence-electron chi connectivity index (χ4n) is 4.63. The van der Waals surface area contributed by atoms with Gasteiger partial charge in [0.05, 0.1) is 0 Å². The van der Waals surface area contributed by atoms with Crippen LogP contribution in [-0.4, -0.2) is 46.3 Å². The van der Waals surface area contributed by atoms with Crippen LogP contribution < -0.4 is 26.2 Å². The van der Waals surface area contributed by atoms with Gasteiger partial charge in [-0.1, -0.05) is 48.5 Å². The number of hydrogen-bond acceptors (Lipinski definition) is 8. The van der Waals surface area contributed by atoms with Crippen LogP contribution in [0.15, 0.2) is 66.7 Å². The number of aromatic nitrogens is 2. The highest BCUT2D eigenvalue weighted by molar-refractivity contribution is 6.59. The van der Waals surface area contributed by atoms with Crippen molar-refractivity contribution in [2.45, 2.75) is 25.9 Å². The zero-order valence-electron chi connectivity index (χ0n) is 19.6. The topological polar surface area (TPSA) is 117 Å². The molecule has 5 rings (SSSR count). The molecule has 0 radical (unpaired) electrons. The van der Waals surface area contributed by atoms with Gasteiger partial charge in [-0.15, -0.1) is 0 Å². The molecule has 0 aliphatic carbocycles. The number of hydrogen-bond donors (Lipinski definition) is 4. The smallest absolute Gasteiger partial charge is 0.488 e. The molecular formula is C26H28BN5O3. The minimum atomic E-state index is -1.53. The van der Waals surface area contributed by atoms with E-state index in [9.17, 15) is 10.0 Å². The molecule has 2 heterocycles. The number of benzene rings is 3. The first kappa shape index (κ1) is 23.1. The predicted octanol–water partition coefficient (Wildman–Crippen LogP) is 2.34. The maximum absolute atomic E-state index is 9.88. The summed E-state index contributed by atoms with van der Waals surface area (Å²) < 4.78 is 5.92. The molecule has 3 aromatic carbocycles. The van der Waals surface area contributed by atoms with Crippen molar-refractivity contribution in [3.8, 4) is 5.75 Å². The Morgan fingerprint density at radius 1 is 1.06 bits per heavy atom. The molecule has 9 heteroatoms. The van der Waals surface area contributed by atoms with E-state index in [1.807, 2.05) is 53.4 Å². The van der Waals surface area contributed by atoms with Crippen LogP contribution in [-0.2, 0) is 13.0 Å². The normalized spacial score (nSPS) is 14.7. The van der Waals surface area contributed by atoms with Crippen molar-refractivity contribution in [2.24, 2.45) is 5.73 Å². The SMILES string of the molecule is CC1Cc2c(B(O)O)cccc2N1c1nc(NCc2ccccc2)c2cccc(OCCN)c2n1. The molecule has 1 atom stereocenters. The third-order valence-electron chi connectivity index (χ3n) is 6.24. The minimum Gasteiger partial charge on any atom is -0.490 e. The van der Waals surface area contributed by atoms with Gasteiger partial charge in [-0.05, 0) is 48.1 Å². The summed E-state index contributed by atoms with van der Waals surface area (Å²) in [5, 5.41) is 24.1. The molecule has 0 fully saturated rings. The summed E-state index contributed by atoms with van der Waals surface area (Å²) in [7, 11) is -1.53. The Morgan fingerprint density at radius 3 is 2.63 bits per heavy atom. The summed E-state index contributed by atoms with van der Waals surface area (Å²) in [6.45, 7) is 3.46. The van der Waals surface area contributed by atoms with Crippen LogP contribution in [0.1, 0.15) is 18.1 Å². The molecule has 0 amide bonds. The lowest BCUT2D eigenvalue weighted by atomic mass is 9.76. The summed E-state index contributed by atoms with van der Waals surface area (Å²) in [5.41, 5.74) is 9.79. The Bertz CT molecular complexity index is 1340. The molecule has 5 N–H and O–H groups in total. The van der Waals surface area contributed by atoms with Crippen molar-refractivity contribution in [2.75, 3.05) is 23.4 Å². The lowest BCUT2D eigenvalue weighted by Gasteiger charge is -2.24. The Hall–Kier alpha value is -3.66. The van der Waals surface area contributed by atoms with Gasteiger partial charge >= 0.3 is 7.12 Å². The lowest BCUT2D eigenvalue weighted by Crippen LogP contribution is -2.32. The van der Waals surface area contributed by atoms with Crippen LogP contribution in [0.5, 0.6) is 5.75 Å². The fraction of sp³-hybridized carbons (Fsp3) is 0.231. The average molecular weight is 469 g/mol. The van der Waals surface area contributed by atoms with Crippen molar-refractivity contribution in [1.29, 1.82) is 0 Å². The largest absolute Gasteiger partial charge is 0.490 e. The quantitative estimate of drug-likeness (QED) is 0.291. The van der Waals surface area contributed by atoms with Crippen molar-refractivity contribution < 1.29 is 14.8 Å². The first-order valence-electron chi connectivity index (χ1n) is 11.8. The standard InChI is InChI=1S/C26H28BN5O3/c1-17-15-20-21(27(33)34)10-6-11-22(20)32(17)26-30-24-19(9-5-12-23(24)35-14-13-28)25(31-26)29-16-18-7-3-2-4-8-18/h2-12,17,33-34H,13-16,28H2,1H3,(H,29,30,31). The van der Waals surface area contributed by atoms with Crippen LogP contribution >= 0.6 is 0 Å². The molecule has 1 aliphatic heterocycles. The van der Waals surface area contributed by atoms with Gasteiger partial charge in [-0.3, -0.25) is 0 Å². The van der Waals surface area contributed by atoms with Gasteiger partial charge < -0.3 is 30.7 Å². The third-order valence-corrected chi connectivity index (χ3v) is 6.24. The lowest BCUT2D eigenvalue weighted by molar-refractivity contribution is 0.331. The number of nitrogens with one attached hydrogen (secondary N) is 1. The van der Waals surface area contributed by atoms with E-state index < -0.39 is 7.12 Å². The van der Waals surface area contributed by atoms with E-state index in [1.54, 1.807) is 6.07 Å². The zero-order valence-corrected chi connectivity index (χ0v) is 19.6. The Morgan fingerprint density at radius 2 is 1.86 bits per heavy atom. The molecule has 4 aromatic rings. The van der Waals surface area contributed by atoms with E-state index in [2.05, 4.69) is 24.4 Å². The average Bonchev–Trinajstić information content (AvgIpc) is 3.22. The van der Waals surface area contributed by atoms with Crippen LogP contribution in [0.4, 0.5) is 17.5 Å². The number of nitrogens with two attached hydrogens (primary N) is 1. The Balaban J connectivity index is 1.62.